The third kappa shape index (κ3) is 7.92. The van der Waals surface area contributed by atoms with Gasteiger partial charge >= 0.3 is 0 Å². The van der Waals surface area contributed by atoms with Crippen LogP contribution in [0.1, 0.15) is 38.8 Å². The zero-order valence-electron chi connectivity index (χ0n) is 13.8. The highest BCUT2D eigenvalue weighted by molar-refractivity contribution is 8.14. The lowest BCUT2D eigenvalue weighted by molar-refractivity contribution is -0.110. The smallest absolute Gasteiger partial charge is 0.190 e. The van der Waals surface area contributed by atoms with Crippen LogP contribution < -0.4 is 0 Å². The van der Waals surface area contributed by atoms with Crippen molar-refractivity contribution in [2.45, 2.75) is 49.0 Å². The molecule has 0 aliphatic carbocycles. The first kappa shape index (κ1) is 21.3. The molecule has 1 aromatic rings. The standard InChI is InChI=1S/C16H18O4S4/c1-9(17)21-7-13-5-16(24-12(4)20)14(8-22-10(2)18)6-15(13)23-11(3)19/h5-6H,7-8H2,1-4H3. The third-order valence-corrected chi connectivity index (χ3v) is 6.11. The van der Waals surface area contributed by atoms with Gasteiger partial charge in [-0.05, 0) is 23.3 Å². The molecule has 0 radical (unpaired) electrons. The summed E-state index contributed by atoms with van der Waals surface area (Å²) < 4.78 is 0. The molecule has 0 fully saturated rings. The Kier molecular flexibility index (Phi) is 9.18. The van der Waals surface area contributed by atoms with Crippen LogP contribution >= 0.6 is 47.0 Å². The third-order valence-electron chi connectivity index (χ3n) is 2.61. The number of carbonyl (C=O) groups is 4. The second kappa shape index (κ2) is 10.3. The average molecular weight is 403 g/mol. The van der Waals surface area contributed by atoms with Crippen molar-refractivity contribution in [1.29, 1.82) is 0 Å². The highest BCUT2D eigenvalue weighted by Crippen LogP contribution is 2.36. The number of carbonyl (C=O) groups excluding carboxylic acids is 4. The van der Waals surface area contributed by atoms with Crippen LogP contribution in [-0.2, 0) is 30.7 Å². The van der Waals surface area contributed by atoms with E-state index in [4.69, 9.17) is 0 Å². The van der Waals surface area contributed by atoms with Crippen molar-refractivity contribution < 1.29 is 19.2 Å². The summed E-state index contributed by atoms with van der Waals surface area (Å²) in [5.74, 6) is 0.882. The molecular formula is C16H18O4S4. The molecule has 0 bridgehead atoms. The first-order valence-electron chi connectivity index (χ1n) is 6.98. The SMILES string of the molecule is CC(=O)SCc1cc(SC(C)=O)c(CSC(C)=O)cc1SC(C)=O. The number of hydrogen-bond donors (Lipinski definition) is 0. The Balaban J connectivity index is 3.27. The van der Waals surface area contributed by atoms with E-state index in [1.807, 2.05) is 12.1 Å². The predicted octanol–water partition coefficient (Wildman–Crippen LogP) is 4.52. The largest absolute Gasteiger partial charge is 0.288 e. The van der Waals surface area contributed by atoms with Crippen LogP contribution in [0, 0.1) is 0 Å². The van der Waals surface area contributed by atoms with E-state index in [1.165, 1.54) is 27.7 Å². The van der Waals surface area contributed by atoms with Crippen molar-refractivity contribution in [3.05, 3.63) is 23.3 Å². The highest BCUT2D eigenvalue weighted by Gasteiger charge is 2.15. The monoisotopic (exact) mass is 402 g/mol. The minimum absolute atomic E-state index is 0.00856. The van der Waals surface area contributed by atoms with E-state index in [2.05, 4.69) is 0 Å². The van der Waals surface area contributed by atoms with Gasteiger partial charge in [-0.3, -0.25) is 19.2 Å². The Hall–Kier alpha value is -0.700. The maximum absolute atomic E-state index is 11.5. The molecule has 0 heterocycles. The molecule has 0 unspecified atom stereocenters. The van der Waals surface area contributed by atoms with Gasteiger partial charge in [0, 0.05) is 49.0 Å². The van der Waals surface area contributed by atoms with E-state index in [0.717, 1.165) is 68.0 Å². The maximum Gasteiger partial charge on any atom is 0.190 e. The molecule has 24 heavy (non-hydrogen) atoms. The summed E-state index contributed by atoms with van der Waals surface area (Å²) in [4.78, 5) is 47.1. The minimum atomic E-state index is -0.0544. The first-order valence-corrected chi connectivity index (χ1v) is 10.6. The minimum Gasteiger partial charge on any atom is -0.288 e. The molecule has 0 spiro atoms. The molecule has 130 valence electrons. The van der Waals surface area contributed by atoms with Gasteiger partial charge in [-0.2, -0.15) is 0 Å². The second-order valence-electron chi connectivity index (χ2n) is 4.82. The van der Waals surface area contributed by atoms with Crippen LogP contribution in [0.5, 0.6) is 0 Å². The molecule has 0 saturated carbocycles. The van der Waals surface area contributed by atoms with Crippen LogP contribution in [0.15, 0.2) is 21.9 Å². The molecule has 1 rings (SSSR count). The molecule has 0 atom stereocenters. The van der Waals surface area contributed by atoms with Crippen LogP contribution in [0.4, 0.5) is 0 Å². The van der Waals surface area contributed by atoms with Crippen molar-refractivity contribution in [1.82, 2.24) is 0 Å². The van der Waals surface area contributed by atoms with Crippen LogP contribution in [0.2, 0.25) is 0 Å². The van der Waals surface area contributed by atoms with E-state index in [1.54, 1.807) is 0 Å². The quantitative estimate of drug-likeness (QED) is 0.643. The first-order chi connectivity index (χ1) is 11.2. The molecule has 0 aromatic heterocycles. The Morgan fingerprint density at radius 1 is 0.667 bits per heavy atom. The van der Waals surface area contributed by atoms with E-state index >= 15 is 0 Å². The predicted molar refractivity (Wildman–Crippen MR) is 103 cm³/mol. The zero-order chi connectivity index (χ0) is 18.3. The lowest BCUT2D eigenvalue weighted by Crippen LogP contribution is -1.98. The molecule has 1 aromatic carbocycles. The Bertz CT molecular complexity index is 613. The van der Waals surface area contributed by atoms with E-state index in [0.29, 0.717) is 11.5 Å². The summed E-state index contributed by atoms with van der Waals surface area (Å²) in [6, 6.07) is 3.70. The summed E-state index contributed by atoms with van der Waals surface area (Å²) in [6.45, 7) is 5.95. The van der Waals surface area contributed by atoms with Gasteiger partial charge < -0.3 is 0 Å². The summed E-state index contributed by atoms with van der Waals surface area (Å²) >= 11 is 4.52. The van der Waals surface area contributed by atoms with Crippen LogP contribution in [-0.4, -0.2) is 20.5 Å². The van der Waals surface area contributed by atoms with Crippen LogP contribution in [0.25, 0.3) is 0 Å². The summed E-state index contributed by atoms with van der Waals surface area (Å²) in [7, 11) is 0. The van der Waals surface area contributed by atoms with E-state index < -0.39 is 0 Å². The Labute approximate surface area is 158 Å². The van der Waals surface area contributed by atoms with Crippen LogP contribution in [0.3, 0.4) is 0 Å². The summed E-state index contributed by atoms with van der Waals surface area (Å²) in [5.41, 5.74) is 1.69. The number of benzene rings is 1. The van der Waals surface area contributed by atoms with Crippen molar-refractivity contribution in [3.8, 4) is 0 Å². The van der Waals surface area contributed by atoms with Gasteiger partial charge in [-0.15, -0.1) is 0 Å². The van der Waals surface area contributed by atoms with Gasteiger partial charge in [0.05, 0.1) is 0 Å². The van der Waals surface area contributed by atoms with Gasteiger partial charge in [0.2, 0.25) is 0 Å². The van der Waals surface area contributed by atoms with Gasteiger partial charge in [-0.1, -0.05) is 47.0 Å². The van der Waals surface area contributed by atoms with Gasteiger partial charge in [0.1, 0.15) is 0 Å². The van der Waals surface area contributed by atoms with E-state index in [-0.39, 0.29) is 20.5 Å². The molecule has 8 heteroatoms. The van der Waals surface area contributed by atoms with Gasteiger partial charge in [-0.25, -0.2) is 0 Å². The fourth-order valence-electron chi connectivity index (χ4n) is 1.73. The van der Waals surface area contributed by atoms with Gasteiger partial charge in [0.15, 0.2) is 20.5 Å². The number of thioether (sulfide) groups is 4. The number of hydrogen-bond acceptors (Lipinski definition) is 8. The fourth-order valence-corrected chi connectivity index (χ4v) is 4.65. The van der Waals surface area contributed by atoms with Crippen molar-refractivity contribution >= 4 is 67.5 Å². The molecule has 0 saturated heterocycles. The van der Waals surface area contributed by atoms with Crippen molar-refractivity contribution in [3.63, 3.8) is 0 Å². The fraction of sp³-hybridized carbons (Fsp3) is 0.375. The normalized spacial score (nSPS) is 10.5. The lowest BCUT2D eigenvalue weighted by Gasteiger charge is -2.14. The average Bonchev–Trinajstić information content (AvgIpc) is 2.44. The molecule has 0 amide bonds. The summed E-state index contributed by atoms with van der Waals surface area (Å²) in [6.07, 6.45) is 0. The van der Waals surface area contributed by atoms with Crippen molar-refractivity contribution in [2.24, 2.45) is 0 Å². The zero-order valence-corrected chi connectivity index (χ0v) is 17.1. The Morgan fingerprint density at radius 2 is 1.00 bits per heavy atom. The molecule has 0 aliphatic rings. The maximum atomic E-state index is 11.5. The summed E-state index contributed by atoms with van der Waals surface area (Å²) in [5, 5.41) is -0.126. The second-order valence-corrected chi connectivity index (χ2v) is 9.56. The molecule has 0 N–H and O–H groups in total. The lowest BCUT2D eigenvalue weighted by atomic mass is 10.2. The van der Waals surface area contributed by atoms with Crippen molar-refractivity contribution in [2.75, 3.05) is 0 Å². The Morgan fingerprint density at radius 3 is 1.25 bits per heavy atom. The molecular weight excluding hydrogens is 384 g/mol. The molecule has 0 aliphatic heterocycles. The molecule has 4 nitrogen and oxygen atoms in total. The van der Waals surface area contributed by atoms with Gasteiger partial charge in [0.25, 0.3) is 0 Å². The topological polar surface area (TPSA) is 68.3 Å². The highest BCUT2D eigenvalue weighted by atomic mass is 32.2. The van der Waals surface area contributed by atoms with E-state index in [9.17, 15) is 19.2 Å². The number of rotatable bonds is 6.